The third-order valence-corrected chi connectivity index (χ3v) is 5.96. The minimum absolute atomic E-state index is 0.171. The van der Waals surface area contributed by atoms with Crippen molar-refractivity contribution in [3.63, 3.8) is 0 Å². The van der Waals surface area contributed by atoms with E-state index in [1.165, 1.54) is 14.2 Å². The zero-order valence-corrected chi connectivity index (χ0v) is 18.8. The summed E-state index contributed by atoms with van der Waals surface area (Å²) >= 11 is 0. The summed E-state index contributed by atoms with van der Waals surface area (Å²) in [4.78, 5) is 26.5. The maximum atomic E-state index is 13.3. The average Bonchev–Trinajstić information content (AvgIpc) is 2.87. The molecule has 8 heteroatoms. The van der Waals surface area contributed by atoms with Gasteiger partial charge in [0.2, 0.25) is 0 Å². The number of methoxy groups -OCH3 is 2. The first-order valence-electron chi connectivity index (χ1n) is 10.7. The summed E-state index contributed by atoms with van der Waals surface area (Å²) in [5.41, 5.74) is -1.66. The molecule has 0 unspecified atom stereocenters. The van der Waals surface area contributed by atoms with E-state index in [1.54, 1.807) is 66.7 Å². The van der Waals surface area contributed by atoms with Crippen molar-refractivity contribution in [2.24, 2.45) is 0 Å². The average molecular weight is 472 g/mol. The molecule has 0 saturated heterocycles. The van der Waals surface area contributed by atoms with Gasteiger partial charge in [-0.15, -0.1) is 0 Å². The Morgan fingerprint density at radius 3 is 1.71 bits per heavy atom. The second kappa shape index (κ2) is 8.57. The summed E-state index contributed by atoms with van der Waals surface area (Å²) in [7, 11) is 2.89. The summed E-state index contributed by atoms with van der Waals surface area (Å²) in [6, 6.07) is 17.7. The van der Waals surface area contributed by atoms with Crippen LogP contribution < -0.4 is 20.7 Å². The van der Waals surface area contributed by atoms with E-state index in [0.717, 1.165) is 0 Å². The Hall–Kier alpha value is -4.72. The van der Waals surface area contributed by atoms with Gasteiger partial charge in [0.25, 0.3) is 0 Å². The van der Waals surface area contributed by atoms with Gasteiger partial charge in [0, 0.05) is 5.56 Å². The van der Waals surface area contributed by atoms with Crippen LogP contribution in [0.25, 0.3) is 21.9 Å². The van der Waals surface area contributed by atoms with Crippen LogP contribution in [0, 0.1) is 0 Å². The Morgan fingerprint density at radius 2 is 1.23 bits per heavy atom. The van der Waals surface area contributed by atoms with Gasteiger partial charge in [0.05, 0.1) is 42.0 Å². The summed E-state index contributed by atoms with van der Waals surface area (Å²) in [6.45, 7) is 0. The molecule has 8 nitrogen and oxygen atoms in total. The zero-order chi connectivity index (χ0) is 24.7. The first-order chi connectivity index (χ1) is 16.9. The van der Waals surface area contributed by atoms with Crippen LogP contribution in [-0.2, 0) is 0 Å². The van der Waals surface area contributed by atoms with Crippen LogP contribution in [0.15, 0.2) is 85.2 Å². The second-order valence-corrected chi connectivity index (χ2v) is 7.84. The topological polar surface area (TPSA) is 119 Å². The molecule has 0 atom stereocenters. The first kappa shape index (κ1) is 22.1. The summed E-state index contributed by atoms with van der Waals surface area (Å²) < 4.78 is 21.9. The Balaban J connectivity index is 1.95. The summed E-state index contributed by atoms with van der Waals surface area (Å²) in [5.74, 6) is -1.41. The van der Waals surface area contributed by atoms with E-state index in [0.29, 0.717) is 5.75 Å². The molecule has 0 saturated carbocycles. The number of hydrogen-bond acceptors (Lipinski definition) is 8. The highest BCUT2D eigenvalue weighted by atomic mass is 16.5. The molecule has 0 spiro atoms. The number of rotatable bonds is 5. The molecule has 5 rings (SSSR count). The SMILES string of the molecule is COc1ccc(OC)c(C(c2c(O)c3ccccc3oc2=O)c2c(O)c3ccccc3oc2=O)c1. The van der Waals surface area contributed by atoms with E-state index in [2.05, 4.69) is 0 Å². The third-order valence-electron chi connectivity index (χ3n) is 5.96. The van der Waals surface area contributed by atoms with Crippen LogP contribution in [0.4, 0.5) is 0 Å². The van der Waals surface area contributed by atoms with E-state index in [9.17, 15) is 19.8 Å². The predicted octanol–water partition coefficient (Wildman–Crippen LogP) is 4.51. The van der Waals surface area contributed by atoms with Crippen molar-refractivity contribution in [1.29, 1.82) is 0 Å². The van der Waals surface area contributed by atoms with Crippen molar-refractivity contribution in [3.8, 4) is 23.0 Å². The van der Waals surface area contributed by atoms with Crippen LogP contribution in [0.1, 0.15) is 22.6 Å². The van der Waals surface area contributed by atoms with Crippen LogP contribution >= 0.6 is 0 Å². The molecule has 2 aromatic heterocycles. The van der Waals surface area contributed by atoms with Crippen LogP contribution in [-0.4, -0.2) is 24.4 Å². The van der Waals surface area contributed by atoms with E-state index >= 15 is 0 Å². The molecule has 0 radical (unpaired) electrons. The van der Waals surface area contributed by atoms with Crippen molar-refractivity contribution in [1.82, 2.24) is 0 Å². The van der Waals surface area contributed by atoms with E-state index in [4.69, 9.17) is 18.3 Å². The van der Waals surface area contributed by atoms with Crippen molar-refractivity contribution in [2.75, 3.05) is 14.2 Å². The number of hydrogen-bond donors (Lipinski definition) is 2. The Bertz CT molecular complexity index is 1600. The molecule has 2 heterocycles. The zero-order valence-electron chi connectivity index (χ0n) is 18.8. The van der Waals surface area contributed by atoms with Crippen molar-refractivity contribution in [3.05, 3.63) is 104 Å². The molecule has 0 aliphatic rings. The fraction of sp³-hybridized carbons (Fsp3) is 0.111. The molecule has 0 bridgehead atoms. The summed E-state index contributed by atoms with van der Waals surface area (Å²) in [5, 5.41) is 23.0. The standard InChI is InChI=1S/C27H20O8/c1-32-14-11-12-18(33-2)17(13-14)21(22-24(28)15-7-3-5-9-19(15)34-26(22)30)23-25(29)16-8-4-6-10-20(16)35-27(23)31/h3-13,21,28-29H,1-2H3. The molecule has 0 fully saturated rings. The quantitative estimate of drug-likeness (QED) is 0.359. The number of benzene rings is 3. The highest BCUT2D eigenvalue weighted by Crippen LogP contribution is 2.45. The molecule has 176 valence electrons. The van der Waals surface area contributed by atoms with E-state index < -0.39 is 28.7 Å². The van der Waals surface area contributed by atoms with E-state index in [-0.39, 0.29) is 44.4 Å². The van der Waals surface area contributed by atoms with Gasteiger partial charge in [-0.05, 0) is 42.5 Å². The molecule has 35 heavy (non-hydrogen) atoms. The van der Waals surface area contributed by atoms with Crippen LogP contribution in [0.5, 0.6) is 23.0 Å². The lowest BCUT2D eigenvalue weighted by molar-refractivity contribution is 0.395. The smallest absolute Gasteiger partial charge is 0.344 e. The van der Waals surface area contributed by atoms with Crippen LogP contribution in [0.3, 0.4) is 0 Å². The van der Waals surface area contributed by atoms with Gasteiger partial charge < -0.3 is 28.5 Å². The lowest BCUT2D eigenvalue weighted by Gasteiger charge is -2.22. The number of para-hydroxylation sites is 2. The molecule has 2 N–H and O–H groups in total. The fourth-order valence-electron chi connectivity index (χ4n) is 4.33. The Kier molecular flexibility index (Phi) is 5.41. The van der Waals surface area contributed by atoms with Crippen LogP contribution in [0.2, 0.25) is 0 Å². The fourth-order valence-corrected chi connectivity index (χ4v) is 4.33. The predicted molar refractivity (Wildman–Crippen MR) is 129 cm³/mol. The van der Waals surface area contributed by atoms with Gasteiger partial charge in [-0.1, -0.05) is 24.3 Å². The molecular formula is C27H20O8. The van der Waals surface area contributed by atoms with Gasteiger partial charge in [0.15, 0.2) is 0 Å². The lowest BCUT2D eigenvalue weighted by Crippen LogP contribution is -2.21. The summed E-state index contributed by atoms with van der Waals surface area (Å²) in [6.07, 6.45) is 0. The maximum Gasteiger partial charge on any atom is 0.344 e. The van der Waals surface area contributed by atoms with Crippen molar-refractivity contribution < 1.29 is 28.5 Å². The highest BCUT2D eigenvalue weighted by Gasteiger charge is 2.34. The number of aromatic hydroxyl groups is 2. The molecular weight excluding hydrogens is 452 g/mol. The van der Waals surface area contributed by atoms with Crippen molar-refractivity contribution >= 4 is 21.9 Å². The first-order valence-corrected chi connectivity index (χ1v) is 10.7. The minimum Gasteiger partial charge on any atom is -0.507 e. The van der Waals surface area contributed by atoms with Gasteiger partial charge in [-0.2, -0.15) is 0 Å². The number of ether oxygens (including phenoxy) is 2. The molecule has 0 aliphatic heterocycles. The monoisotopic (exact) mass is 472 g/mol. The minimum atomic E-state index is -1.32. The molecule has 3 aromatic carbocycles. The number of fused-ring (bicyclic) bond motifs is 2. The van der Waals surface area contributed by atoms with Crippen molar-refractivity contribution in [2.45, 2.75) is 5.92 Å². The Labute approximate surface area is 198 Å². The van der Waals surface area contributed by atoms with E-state index in [1.807, 2.05) is 0 Å². The molecule has 0 aliphatic carbocycles. The highest BCUT2D eigenvalue weighted by molar-refractivity contribution is 5.87. The second-order valence-electron chi connectivity index (χ2n) is 7.84. The largest absolute Gasteiger partial charge is 0.507 e. The molecule has 0 amide bonds. The lowest BCUT2D eigenvalue weighted by atomic mass is 9.84. The van der Waals surface area contributed by atoms with Gasteiger partial charge >= 0.3 is 11.3 Å². The third kappa shape index (κ3) is 3.56. The van der Waals surface area contributed by atoms with Gasteiger partial charge in [0.1, 0.15) is 34.2 Å². The normalized spacial score (nSPS) is 11.3. The Morgan fingerprint density at radius 1 is 0.714 bits per heavy atom. The maximum absolute atomic E-state index is 13.3. The van der Waals surface area contributed by atoms with Gasteiger partial charge in [-0.3, -0.25) is 0 Å². The van der Waals surface area contributed by atoms with Gasteiger partial charge in [-0.25, -0.2) is 9.59 Å². The molecule has 5 aromatic rings.